The summed E-state index contributed by atoms with van der Waals surface area (Å²) < 4.78 is 0. The molecular formula is C37H46IrNO2-. The van der Waals surface area contributed by atoms with Gasteiger partial charge < -0.3 is 10.1 Å². The Kier molecular flexibility index (Phi) is 13.4. The summed E-state index contributed by atoms with van der Waals surface area (Å²) in [5, 5.41) is 14.8. The molecule has 4 heteroatoms. The molecule has 0 aliphatic rings. The monoisotopic (exact) mass is 729 g/mol. The van der Waals surface area contributed by atoms with E-state index in [1.807, 2.05) is 33.9 Å². The number of allylic oxidation sites excluding steroid dienone is 2. The Hall–Kier alpha value is -2.81. The number of aryl methyl sites for hydroxylation is 2. The number of carbonyl (C=O) groups is 1. The van der Waals surface area contributed by atoms with Crippen molar-refractivity contribution in [1.82, 2.24) is 4.98 Å². The Morgan fingerprint density at radius 2 is 1.56 bits per heavy atom. The van der Waals surface area contributed by atoms with Crippen molar-refractivity contribution in [1.29, 1.82) is 0 Å². The second-order valence-electron chi connectivity index (χ2n) is 11.2. The zero-order valence-electron chi connectivity index (χ0n) is 26.0. The zero-order valence-corrected chi connectivity index (χ0v) is 28.4. The van der Waals surface area contributed by atoms with E-state index in [0.29, 0.717) is 5.92 Å². The third kappa shape index (κ3) is 8.37. The van der Waals surface area contributed by atoms with Crippen LogP contribution in [0.2, 0.25) is 0 Å². The van der Waals surface area contributed by atoms with Crippen LogP contribution in [-0.2, 0) is 24.9 Å². The van der Waals surface area contributed by atoms with Crippen LogP contribution in [0, 0.1) is 31.7 Å². The SMILES string of the molecule is CCC(CC)C(=O)/C=C(\O)C(CC)CC.Cc1[c-]c(-c2nccc3ccc4c(C(C)C)cccc4c23)cc(C)c1.[Ir]. The fourth-order valence-electron chi connectivity index (χ4n) is 5.57. The summed E-state index contributed by atoms with van der Waals surface area (Å²) in [6, 6.07) is 21.0. The second-order valence-corrected chi connectivity index (χ2v) is 11.2. The molecule has 0 aliphatic heterocycles. The van der Waals surface area contributed by atoms with Gasteiger partial charge in [0.1, 0.15) is 0 Å². The number of aliphatic hydroxyl groups excluding tert-OH is 1. The van der Waals surface area contributed by atoms with Crippen LogP contribution in [-0.4, -0.2) is 15.9 Å². The minimum Gasteiger partial charge on any atom is -0.512 e. The molecule has 1 radical (unpaired) electrons. The van der Waals surface area contributed by atoms with Gasteiger partial charge in [0.15, 0.2) is 5.78 Å². The van der Waals surface area contributed by atoms with Crippen molar-refractivity contribution in [2.75, 3.05) is 0 Å². The first-order valence-electron chi connectivity index (χ1n) is 14.9. The van der Waals surface area contributed by atoms with E-state index in [1.54, 1.807) is 0 Å². The van der Waals surface area contributed by atoms with Crippen LogP contribution >= 0.6 is 0 Å². The van der Waals surface area contributed by atoms with E-state index < -0.39 is 0 Å². The smallest absolute Gasteiger partial charge is 0.162 e. The predicted octanol–water partition coefficient (Wildman–Crippen LogP) is 10.5. The maximum Gasteiger partial charge on any atom is 0.162 e. The van der Waals surface area contributed by atoms with E-state index >= 15 is 0 Å². The molecule has 1 N–H and O–H groups in total. The van der Waals surface area contributed by atoms with Crippen LogP contribution in [0.1, 0.15) is 89.8 Å². The van der Waals surface area contributed by atoms with Gasteiger partial charge in [-0.25, -0.2) is 0 Å². The van der Waals surface area contributed by atoms with Crippen LogP contribution in [0.4, 0.5) is 0 Å². The first-order valence-corrected chi connectivity index (χ1v) is 14.9. The Morgan fingerprint density at radius 3 is 2.15 bits per heavy atom. The fourth-order valence-corrected chi connectivity index (χ4v) is 5.57. The maximum absolute atomic E-state index is 11.7. The molecule has 0 spiro atoms. The number of aromatic nitrogens is 1. The van der Waals surface area contributed by atoms with Crippen LogP contribution in [0.3, 0.4) is 0 Å². The Bertz CT molecular complexity index is 1460. The first kappa shape index (κ1) is 34.4. The molecule has 4 aromatic rings. The number of hydrogen-bond donors (Lipinski definition) is 1. The summed E-state index contributed by atoms with van der Waals surface area (Å²) in [6.45, 7) is 16.8. The molecule has 0 aliphatic carbocycles. The Balaban J connectivity index is 0.000000320. The molecule has 4 rings (SSSR count). The Morgan fingerprint density at radius 1 is 0.902 bits per heavy atom. The molecule has 0 saturated heterocycles. The third-order valence-electron chi connectivity index (χ3n) is 7.93. The second kappa shape index (κ2) is 16.0. The van der Waals surface area contributed by atoms with E-state index in [0.717, 1.165) is 42.5 Å². The molecule has 0 bridgehead atoms. The summed E-state index contributed by atoms with van der Waals surface area (Å²) in [7, 11) is 0. The average molecular weight is 729 g/mol. The Labute approximate surface area is 260 Å². The van der Waals surface area contributed by atoms with Crippen molar-refractivity contribution in [3.05, 3.63) is 89.3 Å². The molecule has 0 unspecified atom stereocenters. The van der Waals surface area contributed by atoms with E-state index in [9.17, 15) is 9.90 Å². The normalized spacial score (nSPS) is 11.6. The topological polar surface area (TPSA) is 50.2 Å². The molecule has 3 nitrogen and oxygen atoms in total. The van der Waals surface area contributed by atoms with Crippen molar-refractivity contribution < 1.29 is 30.0 Å². The molecule has 0 atom stereocenters. The van der Waals surface area contributed by atoms with Crippen LogP contribution < -0.4 is 0 Å². The zero-order chi connectivity index (χ0) is 29.4. The van der Waals surface area contributed by atoms with Gasteiger partial charge in [0.2, 0.25) is 0 Å². The number of hydrogen-bond acceptors (Lipinski definition) is 3. The minimum absolute atomic E-state index is 0. The van der Waals surface area contributed by atoms with Crippen molar-refractivity contribution in [3.8, 4) is 11.3 Å². The van der Waals surface area contributed by atoms with E-state index in [-0.39, 0.29) is 43.5 Å². The number of nitrogens with zero attached hydrogens (tertiary/aromatic N) is 1. The number of fused-ring (bicyclic) bond motifs is 3. The van der Waals surface area contributed by atoms with Gasteiger partial charge in [-0.1, -0.05) is 85.7 Å². The van der Waals surface area contributed by atoms with E-state index in [4.69, 9.17) is 4.98 Å². The molecular weight excluding hydrogens is 683 g/mol. The number of aliphatic hydroxyl groups is 1. The molecule has 41 heavy (non-hydrogen) atoms. The maximum atomic E-state index is 11.7. The van der Waals surface area contributed by atoms with Crippen molar-refractivity contribution in [3.63, 3.8) is 0 Å². The van der Waals surface area contributed by atoms with Crippen LogP contribution in [0.25, 0.3) is 32.8 Å². The first-order chi connectivity index (χ1) is 19.1. The minimum atomic E-state index is 0. The van der Waals surface area contributed by atoms with Gasteiger partial charge in [-0.3, -0.25) is 4.79 Å². The van der Waals surface area contributed by atoms with Crippen LogP contribution in [0.5, 0.6) is 0 Å². The van der Waals surface area contributed by atoms with Gasteiger partial charge in [-0.2, -0.15) is 0 Å². The number of rotatable bonds is 9. The number of benzene rings is 3. The van der Waals surface area contributed by atoms with Gasteiger partial charge in [0.25, 0.3) is 0 Å². The summed E-state index contributed by atoms with van der Waals surface area (Å²) >= 11 is 0. The van der Waals surface area contributed by atoms with E-state index in [2.05, 4.69) is 82.3 Å². The predicted molar refractivity (Wildman–Crippen MR) is 171 cm³/mol. The molecule has 1 heterocycles. The number of pyridine rings is 1. The van der Waals surface area contributed by atoms with Gasteiger partial charge in [-0.05, 0) is 70.5 Å². The van der Waals surface area contributed by atoms with Crippen molar-refractivity contribution in [2.45, 2.75) is 87.0 Å². The van der Waals surface area contributed by atoms with Crippen molar-refractivity contribution in [2.24, 2.45) is 11.8 Å². The number of carbonyl (C=O) groups excluding carboxylic acids is 1. The quantitative estimate of drug-likeness (QED) is 0.0808. The third-order valence-corrected chi connectivity index (χ3v) is 7.93. The summed E-state index contributed by atoms with van der Waals surface area (Å²) in [5.74, 6) is 1.04. The van der Waals surface area contributed by atoms with Gasteiger partial charge in [-0.15, -0.1) is 34.9 Å². The fraction of sp³-hybridized carbons (Fsp3) is 0.405. The summed E-state index contributed by atoms with van der Waals surface area (Å²) in [6.07, 6.45) is 6.81. The standard InChI is InChI=1S/C24H22N.C13H24O2.Ir/c1-15(2)20-6-5-7-22-21(20)9-8-18-10-11-25-24(23(18)22)19-13-16(3)12-17(4)14-19;1-5-10(6-2)12(14)9-13(15)11(7-3)8-4;/h5-13,15H,1-4H3;9-11,14H,5-8H2,1-4H3;/q-1;;/b;12-9-;. The molecule has 0 amide bonds. The molecule has 1 aromatic heterocycles. The van der Waals surface area contributed by atoms with Gasteiger partial charge in [0, 0.05) is 44.2 Å². The largest absolute Gasteiger partial charge is 0.512 e. The molecule has 0 saturated carbocycles. The molecule has 0 fully saturated rings. The van der Waals surface area contributed by atoms with Gasteiger partial charge in [0.05, 0.1) is 5.76 Å². The average Bonchev–Trinajstić information content (AvgIpc) is 2.93. The van der Waals surface area contributed by atoms with Gasteiger partial charge >= 0.3 is 0 Å². The molecule has 3 aromatic carbocycles. The van der Waals surface area contributed by atoms with Crippen molar-refractivity contribution >= 4 is 27.3 Å². The summed E-state index contributed by atoms with van der Waals surface area (Å²) in [4.78, 5) is 16.5. The van der Waals surface area contributed by atoms with E-state index in [1.165, 1.54) is 38.7 Å². The van der Waals surface area contributed by atoms with Crippen LogP contribution in [0.15, 0.2) is 66.6 Å². The number of ketones is 1. The molecule has 221 valence electrons. The summed E-state index contributed by atoms with van der Waals surface area (Å²) in [5.41, 5.74) is 5.88.